The minimum atomic E-state index is 0. The van der Waals surface area contributed by atoms with Crippen LogP contribution in [0.2, 0.25) is 0 Å². The van der Waals surface area contributed by atoms with E-state index in [4.69, 9.17) is 4.74 Å². The van der Waals surface area contributed by atoms with E-state index in [1.165, 1.54) is 0 Å². The van der Waals surface area contributed by atoms with Gasteiger partial charge in [-0.05, 0) is 0 Å². The largest absolute Gasteiger partial charge is 2.00 e. The third-order valence-electron chi connectivity index (χ3n) is 0.433. The van der Waals surface area contributed by atoms with Gasteiger partial charge in [0, 0.05) is 39.3 Å². The second-order valence-corrected chi connectivity index (χ2v) is 0.966. The Labute approximate surface area is 106 Å². The Kier molecular flexibility index (Phi) is 92.1. The van der Waals surface area contributed by atoms with Crippen LogP contribution in [0.4, 0.5) is 0 Å². The molecule has 10 heavy (non-hydrogen) atoms. The molecular formula is C7H16OWY-2. The van der Waals surface area contributed by atoms with Crippen LogP contribution < -0.4 is 0 Å². The summed E-state index contributed by atoms with van der Waals surface area (Å²) in [5, 5.41) is 0. The molecule has 0 saturated carbocycles. The zero-order chi connectivity index (χ0) is 4.83. The molecule has 0 saturated heterocycles. The van der Waals surface area contributed by atoms with Gasteiger partial charge in [0.15, 0.2) is 0 Å². The van der Waals surface area contributed by atoms with E-state index < -0.39 is 0 Å². The van der Waals surface area contributed by atoms with Crippen molar-refractivity contribution < 1.29 is 58.5 Å². The summed E-state index contributed by atoms with van der Waals surface area (Å²) in [5.41, 5.74) is 0. The standard InChI is InChI=1S/C5H10O.2CH3.W.Y/c1-3-5-6-4-2;;;;/h1-5H2;2*1H3;;/q-2;2*-1;+2;. The van der Waals surface area contributed by atoms with Crippen molar-refractivity contribution in [3.05, 3.63) is 28.7 Å². The van der Waals surface area contributed by atoms with Crippen LogP contribution in [0.25, 0.3) is 0 Å². The molecule has 0 fully saturated rings. The summed E-state index contributed by atoms with van der Waals surface area (Å²) >= 11 is 0. The molecule has 61 valence electrons. The van der Waals surface area contributed by atoms with Crippen molar-refractivity contribution in [2.45, 2.75) is 6.42 Å². The van der Waals surface area contributed by atoms with Crippen LogP contribution in [-0.4, -0.2) is 13.2 Å². The number of hydrogen-bond donors (Lipinski definition) is 0. The van der Waals surface area contributed by atoms with Crippen LogP contribution in [0.15, 0.2) is 0 Å². The van der Waals surface area contributed by atoms with E-state index in [-0.39, 0.29) is 68.6 Å². The molecule has 0 heterocycles. The van der Waals surface area contributed by atoms with E-state index in [0.717, 1.165) is 13.0 Å². The van der Waals surface area contributed by atoms with Gasteiger partial charge in [0.2, 0.25) is 0 Å². The first-order valence-electron chi connectivity index (χ1n) is 2.08. The van der Waals surface area contributed by atoms with Crippen molar-refractivity contribution in [3.8, 4) is 0 Å². The Hall–Kier alpha value is 1.75. The number of ether oxygens (including phenoxy) is 1. The number of hydrogen-bond acceptors (Lipinski definition) is 1. The predicted molar refractivity (Wildman–Crippen MR) is 39.0 cm³/mol. The minimum Gasteiger partial charge on any atom is -0.416 e. The van der Waals surface area contributed by atoms with Crippen molar-refractivity contribution in [1.29, 1.82) is 0 Å². The molecule has 0 aromatic carbocycles. The van der Waals surface area contributed by atoms with E-state index in [1.807, 2.05) is 0 Å². The average Bonchev–Trinajstić information content (AvgIpc) is 1.61. The van der Waals surface area contributed by atoms with E-state index in [1.54, 1.807) is 0 Å². The summed E-state index contributed by atoms with van der Waals surface area (Å²) in [4.78, 5) is 0. The van der Waals surface area contributed by atoms with Gasteiger partial charge in [-0.15, -0.1) is 0 Å². The fraction of sp³-hybridized carbons (Fsp3) is 0.429. The van der Waals surface area contributed by atoms with E-state index in [2.05, 4.69) is 13.8 Å². The molecule has 0 aliphatic rings. The molecule has 0 atom stereocenters. The van der Waals surface area contributed by atoms with Crippen molar-refractivity contribution >= 4 is 0 Å². The molecule has 1 radical (unpaired) electrons. The Bertz CT molecular complexity index is 25.6. The molecule has 0 bridgehead atoms. The summed E-state index contributed by atoms with van der Waals surface area (Å²) in [6, 6.07) is 0. The molecule has 0 aliphatic carbocycles. The molecule has 0 unspecified atom stereocenters. The first kappa shape index (κ1) is 29.8. The minimum absolute atomic E-state index is 0. The van der Waals surface area contributed by atoms with E-state index in [0.29, 0.717) is 6.61 Å². The van der Waals surface area contributed by atoms with Crippen molar-refractivity contribution in [1.82, 2.24) is 0 Å². The quantitative estimate of drug-likeness (QED) is 0.530. The first-order valence-corrected chi connectivity index (χ1v) is 2.08. The topological polar surface area (TPSA) is 9.23 Å². The van der Waals surface area contributed by atoms with Gasteiger partial charge in [-0.1, -0.05) is 6.61 Å². The molecule has 1 nitrogen and oxygen atoms in total. The molecule has 0 aromatic rings. The zero-order valence-corrected chi connectivity index (χ0v) is 12.7. The predicted octanol–water partition coefficient (Wildman–Crippen LogP) is 1.96. The molecule has 0 rings (SSSR count). The molecule has 0 aromatic heterocycles. The molecule has 0 spiro atoms. The van der Waals surface area contributed by atoms with Crippen LogP contribution in [0.1, 0.15) is 6.42 Å². The third-order valence-corrected chi connectivity index (χ3v) is 0.433. The average molecular weight is 389 g/mol. The van der Waals surface area contributed by atoms with E-state index in [9.17, 15) is 0 Å². The Morgan fingerprint density at radius 3 is 1.60 bits per heavy atom. The molecule has 0 aliphatic heterocycles. The van der Waals surface area contributed by atoms with Gasteiger partial charge in [0.25, 0.3) is 0 Å². The number of rotatable bonds is 3. The monoisotopic (exact) mass is 389 g/mol. The van der Waals surface area contributed by atoms with Crippen molar-refractivity contribution in [3.63, 3.8) is 0 Å². The summed E-state index contributed by atoms with van der Waals surface area (Å²) in [6.07, 6.45) is 0.843. The summed E-state index contributed by atoms with van der Waals surface area (Å²) in [5.74, 6) is 0. The van der Waals surface area contributed by atoms with Crippen LogP contribution in [-0.2, 0) is 58.5 Å². The van der Waals surface area contributed by atoms with Gasteiger partial charge in [-0.2, -0.15) is 6.42 Å². The summed E-state index contributed by atoms with van der Waals surface area (Å²) in [6.45, 7) is 8.35. The Morgan fingerprint density at radius 1 is 1.10 bits per heavy atom. The fourth-order valence-corrected chi connectivity index (χ4v) is 0.204. The van der Waals surface area contributed by atoms with Crippen molar-refractivity contribution in [2.24, 2.45) is 0 Å². The molecule has 0 amide bonds. The second-order valence-electron chi connectivity index (χ2n) is 0.966. The Morgan fingerprint density at radius 2 is 1.50 bits per heavy atom. The van der Waals surface area contributed by atoms with Gasteiger partial charge >= 0.3 is 21.1 Å². The van der Waals surface area contributed by atoms with Crippen LogP contribution in [0, 0.1) is 28.7 Å². The normalized spacial score (nSPS) is 5.40. The Balaban J connectivity index is -0.0000000208. The molecule has 0 N–H and O–H groups in total. The summed E-state index contributed by atoms with van der Waals surface area (Å²) in [7, 11) is 0. The fourth-order valence-electron chi connectivity index (χ4n) is 0.204. The molecular weight excluding hydrogens is 373 g/mol. The molecule has 3 heteroatoms. The first-order chi connectivity index (χ1) is 2.91. The van der Waals surface area contributed by atoms with Crippen LogP contribution in [0.3, 0.4) is 0 Å². The SMILES string of the molecule is [CH2-]CCOC[CH2-].[CH3-].[CH3-].[W+2].[Y]. The van der Waals surface area contributed by atoms with E-state index >= 15 is 0 Å². The van der Waals surface area contributed by atoms with Gasteiger partial charge < -0.3 is 33.4 Å². The van der Waals surface area contributed by atoms with Crippen LogP contribution >= 0.6 is 0 Å². The zero-order valence-electron chi connectivity index (χ0n) is 6.93. The second kappa shape index (κ2) is 30.9. The van der Waals surface area contributed by atoms with Gasteiger partial charge in [0.1, 0.15) is 0 Å². The van der Waals surface area contributed by atoms with Gasteiger partial charge in [0.05, 0.1) is 0 Å². The maximum absolute atomic E-state index is 4.81. The maximum atomic E-state index is 4.81. The third kappa shape index (κ3) is 33.1. The summed E-state index contributed by atoms with van der Waals surface area (Å²) < 4.78 is 4.81. The smallest absolute Gasteiger partial charge is 0.416 e. The van der Waals surface area contributed by atoms with Gasteiger partial charge in [-0.25, -0.2) is 0 Å². The van der Waals surface area contributed by atoms with Crippen LogP contribution in [0.5, 0.6) is 0 Å². The van der Waals surface area contributed by atoms with Crippen molar-refractivity contribution in [2.75, 3.05) is 13.2 Å². The maximum Gasteiger partial charge on any atom is 2.00 e. The van der Waals surface area contributed by atoms with Gasteiger partial charge in [-0.3, -0.25) is 0 Å².